The standard InChI is InChI=1S/C16H10BrClN2O2/c17-9-10-5-6-14-12(7-10)13(18)8-15(19-14)11-3-1-2-4-16(11)20(21)22/h1-8H,9H2. The maximum absolute atomic E-state index is 11.2. The molecule has 0 saturated heterocycles. The average Bonchev–Trinajstić information content (AvgIpc) is 2.54. The summed E-state index contributed by atoms with van der Waals surface area (Å²) < 4.78 is 0. The fourth-order valence-corrected chi connectivity index (χ4v) is 2.91. The quantitative estimate of drug-likeness (QED) is 0.351. The number of para-hydroxylation sites is 1. The maximum Gasteiger partial charge on any atom is 0.278 e. The van der Waals surface area contributed by atoms with E-state index in [9.17, 15) is 10.1 Å². The molecule has 0 amide bonds. The van der Waals surface area contributed by atoms with Gasteiger partial charge in [0.2, 0.25) is 0 Å². The van der Waals surface area contributed by atoms with Crippen molar-refractivity contribution in [2.24, 2.45) is 0 Å². The highest BCUT2D eigenvalue weighted by molar-refractivity contribution is 9.08. The molecule has 0 saturated carbocycles. The van der Waals surface area contributed by atoms with E-state index in [-0.39, 0.29) is 5.69 Å². The van der Waals surface area contributed by atoms with Crippen LogP contribution in [0.1, 0.15) is 5.56 Å². The summed E-state index contributed by atoms with van der Waals surface area (Å²) in [7, 11) is 0. The van der Waals surface area contributed by atoms with Gasteiger partial charge < -0.3 is 0 Å². The number of rotatable bonds is 3. The van der Waals surface area contributed by atoms with Crippen LogP contribution < -0.4 is 0 Å². The summed E-state index contributed by atoms with van der Waals surface area (Å²) in [6.07, 6.45) is 0. The van der Waals surface area contributed by atoms with Crippen LogP contribution in [-0.2, 0) is 5.33 Å². The third-order valence-electron chi connectivity index (χ3n) is 3.35. The molecule has 0 N–H and O–H groups in total. The number of halogens is 2. The van der Waals surface area contributed by atoms with Crippen molar-refractivity contribution >= 4 is 44.1 Å². The first-order chi connectivity index (χ1) is 10.6. The number of nitro benzene ring substituents is 1. The Balaban J connectivity index is 2.23. The summed E-state index contributed by atoms with van der Waals surface area (Å²) in [5.74, 6) is 0. The van der Waals surface area contributed by atoms with Crippen molar-refractivity contribution in [3.05, 3.63) is 69.2 Å². The number of nitrogens with zero attached hydrogens (tertiary/aromatic N) is 2. The average molecular weight is 378 g/mol. The lowest BCUT2D eigenvalue weighted by Crippen LogP contribution is -1.94. The number of hydrogen-bond acceptors (Lipinski definition) is 3. The van der Waals surface area contributed by atoms with Gasteiger partial charge >= 0.3 is 0 Å². The molecule has 0 atom stereocenters. The van der Waals surface area contributed by atoms with Crippen LogP contribution in [0.2, 0.25) is 5.02 Å². The zero-order valence-electron chi connectivity index (χ0n) is 11.3. The van der Waals surface area contributed by atoms with E-state index >= 15 is 0 Å². The predicted molar refractivity (Wildman–Crippen MR) is 91.5 cm³/mol. The number of fused-ring (bicyclic) bond motifs is 1. The number of alkyl halides is 1. The molecule has 6 heteroatoms. The molecule has 3 aromatic rings. The number of nitro groups is 1. The van der Waals surface area contributed by atoms with Crippen LogP contribution in [-0.4, -0.2) is 9.91 Å². The highest BCUT2D eigenvalue weighted by atomic mass is 79.9. The highest BCUT2D eigenvalue weighted by Crippen LogP contribution is 2.33. The lowest BCUT2D eigenvalue weighted by molar-refractivity contribution is -0.384. The van der Waals surface area contributed by atoms with Crippen molar-refractivity contribution in [2.75, 3.05) is 0 Å². The Labute approximate surface area is 140 Å². The predicted octanol–water partition coefficient (Wildman–Crippen LogP) is 5.36. The van der Waals surface area contributed by atoms with Gasteiger partial charge in [0, 0.05) is 16.8 Å². The van der Waals surface area contributed by atoms with Crippen LogP contribution in [0.15, 0.2) is 48.5 Å². The third kappa shape index (κ3) is 2.69. The van der Waals surface area contributed by atoms with Crippen LogP contribution in [0.5, 0.6) is 0 Å². The lowest BCUT2D eigenvalue weighted by Gasteiger charge is -2.07. The minimum atomic E-state index is -0.414. The second kappa shape index (κ2) is 6.02. The second-order valence-electron chi connectivity index (χ2n) is 4.75. The number of aromatic nitrogens is 1. The van der Waals surface area contributed by atoms with Gasteiger partial charge in [0.1, 0.15) is 0 Å². The van der Waals surface area contributed by atoms with Gasteiger partial charge in [0.15, 0.2) is 0 Å². The first kappa shape index (κ1) is 14.9. The van der Waals surface area contributed by atoms with E-state index in [1.165, 1.54) is 6.07 Å². The molecule has 1 aromatic heterocycles. The molecule has 0 unspecified atom stereocenters. The van der Waals surface area contributed by atoms with Crippen LogP contribution in [0.4, 0.5) is 5.69 Å². The molecule has 1 heterocycles. The zero-order chi connectivity index (χ0) is 15.7. The summed E-state index contributed by atoms with van der Waals surface area (Å²) in [5, 5.41) is 13.3. The van der Waals surface area contributed by atoms with Crippen molar-refractivity contribution in [1.29, 1.82) is 0 Å². The first-order valence-corrected chi connectivity index (χ1v) is 7.99. The van der Waals surface area contributed by atoms with Crippen LogP contribution >= 0.6 is 27.5 Å². The largest absolute Gasteiger partial charge is 0.278 e. The summed E-state index contributed by atoms with van der Waals surface area (Å²) in [6.45, 7) is 0. The zero-order valence-corrected chi connectivity index (χ0v) is 13.6. The highest BCUT2D eigenvalue weighted by Gasteiger charge is 2.16. The molecule has 3 rings (SSSR count). The summed E-state index contributed by atoms with van der Waals surface area (Å²) >= 11 is 9.75. The smallest absolute Gasteiger partial charge is 0.258 e. The Morgan fingerprint density at radius 3 is 2.68 bits per heavy atom. The van der Waals surface area contributed by atoms with Crippen molar-refractivity contribution in [3.8, 4) is 11.3 Å². The molecule has 22 heavy (non-hydrogen) atoms. The van der Waals surface area contributed by atoms with Gasteiger partial charge in [0.05, 0.1) is 26.7 Å². The van der Waals surface area contributed by atoms with Gasteiger partial charge in [-0.2, -0.15) is 0 Å². The van der Waals surface area contributed by atoms with Crippen molar-refractivity contribution < 1.29 is 4.92 Å². The molecule has 0 aliphatic rings. The van der Waals surface area contributed by atoms with Gasteiger partial charge in [-0.15, -0.1) is 0 Å². The first-order valence-electron chi connectivity index (χ1n) is 6.49. The van der Waals surface area contributed by atoms with Gasteiger partial charge in [-0.3, -0.25) is 10.1 Å². The molecule has 110 valence electrons. The second-order valence-corrected chi connectivity index (χ2v) is 5.72. The lowest BCUT2D eigenvalue weighted by atomic mass is 10.1. The maximum atomic E-state index is 11.2. The van der Waals surface area contributed by atoms with Crippen molar-refractivity contribution in [1.82, 2.24) is 4.98 Å². The van der Waals surface area contributed by atoms with Crippen LogP contribution in [0.3, 0.4) is 0 Å². The Morgan fingerprint density at radius 1 is 1.18 bits per heavy atom. The van der Waals surface area contributed by atoms with E-state index in [2.05, 4.69) is 20.9 Å². The fourth-order valence-electron chi connectivity index (χ4n) is 2.30. The van der Waals surface area contributed by atoms with E-state index in [4.69, 9.17) is 11.6 Å². The van der Waals surface area contributed by atoms with E-state index in [1.54, 1.807) is 24.3 Å². The van der Waals surface area contributed by atoms with E-state index in [1.807, 2.05) is 18.2 Å². The van der Waals surface area contributed by atoms with Gasteiger partial charge in [-0.05, 0) is 29.8 Å². The topological polar surface area (TPSA) is 56.0 Å². The number of pyridine rings is 1. The molecule has 0 fully saturated rings. The minimum absolute atomic E-state index is 0.0162. The van der Waals surface area contributed by atoms with Gasteiger partial charge in [-0.1, -0.05) is 45.7 Å². The SMILES string of the molecule is O=[N+]([O-])c1ccccc1-c1cc(Cl)c2cc(CBr)ccc2n1. The Morgan fingerprint density at radius 2 is 1.95 bits per heavy atom. The normalized spacial score (nSPS) is 10.8. The Kier molecular flexibility index (Phi) is 4.09. The van der Waals surface area contributed by atoms with Gasteiger partial charge in [0.25, 0.3) is 5.69 Å². The Bertz CT molecular complexity index is 883. The monoisotopic (exact) mass is 376 g/mol. The van der Waals surface area contributed by atoms with Crippen molar-refractivity contribution in [2.45, 2.75) is 5.33 Å². The molecule has 4 nitrogen and oxygen atoms in total. The number of benzene rings is 2. The molecule has 0 aliphatic carbocycles. The molecule has 0 radical (unpaired) electrons. The molecule has 0 spiro atoms. The minimum Gasteiger partial charge on any atom is -0.258 e. The fraction of sp³-hybridized carbons (Fsp3) is 0.0625. The van der Waals surface area contributed by atoms with Crippen LogP contribution in [0.25, 0.3) is 22.2 Å². The molecular weight excluding hydrogens is 368 g/mol. The summed E-state index contributed by atoms with van der Waals surface area (Å²) in [6, 6.07) is 14.0. The molecule has 2 aromatic carbocycles. The summed E-state index contributed by atoms with van der Waals surface area (Å²) in [5.41, 5.74) is 2.78. The molecule has 0 aliphatic heterocycles. The van der Waals surface area contributed by atoms with E-state index < -0.39 is 4.92 Å². The number of hydrogen-bond donors (Lipinski definition) is 0. The van der Waals surface area contributed by atoms with E-state index in [0.717, 1.165) is 16.3 Å². The molecular formula is C16H10BrClN2O2. The van der Waals surface area contributed by atoms with E-state index in [0.29, 0.717) is 21.8 Å². The summed E-state index contributed by atoms with van der Waals surface area (Å²) in [4.78, 5) is 15.3. The third-order valence-corrected chi connectivity index (χ3v) is 4.31. The molecule has 0 bridgehead atoms. The van der Waals surface area contributed by atoms with Crippen LogP contribution in [0, 0.1) is 10.1 Å². The van der Waals surface area contributed by atoms with Gasteiger partial charge in [-0.25, -0.2) is 4.98 Å². The van der Waals surface area contributed by atoms with Crippen molar-refractivity contribution in [3.63, 3.8) is 0 Å². The Hall–Kier alpha value is -1.98.